The van der Waals surface area contributed by atoms with Crippen LogP contribution in [0.25, 0.3) is 0 Å². The predicted molar refractivity (Wildman–Crippen MR) is 78.0 cm³/mol. The van der Waals surface area contributed by atoms with Crippen LogP contribution in [-0.2, 0) is 9.56 Å². The molecule has 2 rings (SSSR count). The largest absolute Gasteiger partial charge is 0.233 e. The van der Waals surface area contributed by atoms with Crippen molar-refractivity contribution in [1.82, 2.24) is 0 Å². The van der Waals surface area contributed by atoms with Crippen LogP contribution < -0.4 is 0 Å². The highest BCUT2D eigenvalue weighted by Gasteiger charge is 2.24. The van der Waals surface area contributed by atoms with E-state index >= 15 is 0 Å². The lowest BCUT2D eigenvalue weighted by atomic mass is 10.1. The van der Waals surface area contributed by atoms with Crippen LogP contribution in [0.3, 0.4) is 0 Å². The van der Waals surface area contributed by atoms with E-state index < -0.39 is 0 Å². The van der Waals surface area contributed by atoms with Gasteiger partial charge in [0.2, 0.25) is 0 Å². The van der Waals surface area contributed by atoms with Crippen molar-refractivity contribution >= 4 is 8.15 Å². The van der Waals surface area contributed by atoms with Gasteiger partial charge in [-0.2, -0.15) is 0 Å². The second-order valence-corrected chi connectivity index (χ2v) is 7.96. The molecule has 1 aliphatic carbocycles. The van der Waals surface area contributed by atoms with Crippen LogP contribution in [0.5, 0.6) is 0 Å². The number of hydrogen-bond acceptors (Lipinski definition) is 2. The quantitative estimate of drug-likeness (QED) is 0.469. The molecular weight excluding hydrogens is 243 g/mol. The monoisotopic (exact) mass is 272 g/mol. The highest BCUT2D eigenvalue weighted by atomic mass is 31.1. The molecule has 0 spiro atoms. The summed E-state index contributed by atoms with van der Waals surface area (Å²) in [5.41, 5.74) is 0.816. The summed E-state index contributed by atoms with van der Waals surface area (Å²) in [5.74, 6) is 0. The first-order valence-corrected chi connectivity index (χ1v) is 9.54. The van der Waals surface area contributed by atoms with E-state index in [9.17, 15) is 0 Å². The van der Waals surface area contributed by atoms with E-state index in [1.165, 1.54) is 83.2 Å². The highest BCUT2D eigenvalue weighted by Crippen LogP contribution is 2.49. The molecule has 0 N–H and O–H groups in total. The highest BCUT2D eigenvalue weighted by molar-refractivity contribution is 7.53. The van der Waals surface area contributed by atoms with Crippen LogP contribution in [0.4, 0.5) is 0 Å². The minimum Gasteiger partial charge on any atom is -0.233 e. The Morgan fingerprint density at radius 3 is 2.06 bits per heavy atom. The molecule has 2 fully saturated rings. The van der Waals surface area contributed by atoms with E-state index in [1.807, 2.05) is 0 Å². The molecule has 0 amide bonds. The Labute approximate surface area is 114 Å². The van der Waals surface area contributed by atoms with Crippen LogP contribution in [-0.4, -0.2) is 18.4 Å². The van der Waals surface area contributed by atoms with Gasteiger partial charge in [0, 0.05) is 5.66 Å². The van der Waals surface area contributed by atoms with Crippen LogP contribution in [0.1, 0.15) is 77.0 Å². The van der Waals surface area contributed by atoms with Crippen LogP contribution in [0.2, 0.25) is 0 Å². The molecule has 1 aliphatic heterocycles. The van der Waals surface area contributed by atoms with Crippen LogP contribution in [0.15, 0.2) is 0 Å². The van der Waals surface area contributed by atoms with Crippen LogP contribution >= 0.6 is 8.15 Å². The standard InChI is InChI=1S/C15H29O2P/c1-2-4-8-12-15(11-7-3-1)18-14-10-6-5-9-13-16-17-18/h15H,1-14H2. The molecule has 1 unspecified atom stereocenters. The molecule has 3 heteroatoms. The molecule has 1 saturated heterocycles. The Morgan fingerprint density at radius 2 is 1.28 bits per heavy atom. The predicted octanol–water partition coefficient (Wildman–Crippen LogP) is 5.41. The summed E-state index contributed by atoms with van der Waals surface area (Å²) in [6.45, 7) is 0.811. The smallest absolute Gasteiger partial charge is 0.0825 e. The molecule has 2 aliphatic rings. The summed E-state index contributed by atoms with van der Waals surface area (Å²) < 4.78 is 5.80. The van der Waals surface area contributed by atoms with E-state index in [4.69, 9.17) is 9.56 Å². The molecule has 0 aromatic carbocycles. The van der Waals surface area contributed by atoms with Gasteiger partial charge in [-0.3, -0.25) is 0 Å². The van der Waals surface area contributed by atoms with Gasteiger partial charge >= 0.3 is 0 Å². The Morgan fingerprint density at radius 1 is 0.667 bits per heavy atom. The van der Waals surface area contributed by atoms with Crippen molar-refractivity contribution in [2.45, 2.75) is 82.7 Å². The lowest BCUT2D eigenvalue weighted by Crippen LogP contribution is -2.10. The summed E-state index contributed by atoms with van der Waals surface area (Å²) in [6.07, 6.45) is 17.8. The number of hydrogen-bond donors (Lipinski definition) is 0. The van der Waals surface area contributed by atoms with Gasteiger partial charge in [-0.05, 0) is 31.8 Å². The van der Waals surface area contributed by atoms with Crippen molar-refractivity contribution in [2.75, 3.05) is 12.8 Å². The van der Waals surface area contributed by atoms with E-state index in [0.29, 0.717) is 0 Å². The zero-order chi connectivity index (χ0) is 12.5. The third-order valence-electron chi connectivity index (χ3n) is 4.24. The molecular formula is C15H29O2P. The lowest BCUT2D eigenvalue weighted by molar-refractivity contribution is -0.200. The second kappa shape index (κ2) is 9.28. The third kappa shape index (κ3) is 5.55. The summed E-state index contributed by atoms with van der Waals surface area (Å²) in [7, 11) is -0.314. The van der Waals surface area contributed by atoms with Crippen molar-refractivity contribution in [3.8, 4) is 0 Å². The first kappa shape index (κ1) is 14.8. The first-order valence-electron chi connectivity index (χ1n) is 8.03. The normalized spacial score (nSPS) is 30.3. The molecule has 18 heavy (non-hydrogen) atoms. The average molecular weight is 272 g/mol. The minimum atomic E-state index is -0.314. The van der Waals surface area contributed by atoms with Gasteiger partial charge in [0.25, 0.3) is 0 Å². The molecule has 1 heterocycles. The molecule has 0 aromatic heterocycles. The van der Waals surface area contributed by atoms with Gasteiger partial charge in [0.15, 0.2) is 0 Å². The maximum Gasteiger partial charge on any atom is 0.0825 e. The van der Waals surface area contributed by atoms with Crippen LogP contribution in [0, 0.1) is 0 Å². The van der Waals surface area contributed by atoms with Gasteiger partial charge in [-0.15, -0.1) is 0 Å². The Kier molecular flexibility index (Phi) is 7.61. The van der Waals surface area contributed by atoms with Crippen molar-refractivity contribution in [1.29, 1.82) is 0 Å². The number of rotatable bonds is 1. The average Bonchev–Trinajstić information content (AvgIpc) is 2.61. The third-order valence-corrected chi connectivity index (χ3v) is 6.62. The first-order chi connectivity index (χ1) is 8.97. The lowest BCUT2D eigenvalue weighted by Gasteiger charge is -2.25. The van der Waals surface area contributed by atoms with Gasteiger partial charge < -0.3 is 0 Å². The Balaban J connectivity index is 1.83. The fourth-order valence-electron chi connectivity index (χ4n) is 3.07. The SMILES string of the molecule is C1CCCCC(P2CCCCCCOO2)CCC1. The Hall–Kier alpha value is 0.350. The molecule has 0 radical (unpaired) electrons. The maximum atomic E-state index is 5.80. The molecule has 2 nitrogen and oxygen atoms in total. The summed E-state index contributed by atoms with van der Waals surface area (Å²) in [6, 6.07) is 0. The topological polar surface area (TPSA) is 18.5 Å². The van der Waals surface area contributed by atoms with Gasteiger partial charge in [0.1, 0.15) is 0 Å². The zero-order valence-corrected chi connectivity index (χ0v) is 12.6. The molecule has 1 atom stereocenters. The molecule has 1 saturated carbocycles. The zero-order valence-electron chi connectivity index (χ0n) is 11.7. The fourth-order valence-corrected chi connectivity index (χ4v) is 5.31. The molecule has 0 aromatic rings. The van der Waals surface area contributed by atoms with Crippen molar-refractivity contribution in [2.24, 2.45) is 0 Å². The van der Waals surface area contributed by atoms with Gasteiger partial charge in [-0.25, -0.2) is 9.56 Å². The second-order valence-electron chi connectivity index (χ2n) is 5.80. The molecule has 0 bridgehead atoms. The van der Waals surface area contributed by atoms with E-state index in [2.05, 4.69) is 0 Å². The van der Waals surface area contributed by atoms with E-state index in [1.54, 1.807) is 0 Å². The summed E-state index contributed by atoms with van der Waals surface area (Å²) in [5, 5.41) is 0. The Bertz CT molecular complexity index is 169. The van der Waals surface area contributed by atoms with Gasteiger partial charge in [-0.1, -0.05) is 51.4 Å². The van der Waals surface area contributed by atoms with E-state index in [-0.39, 0.29) is 8.15 Å². The fraction of sp³-hybridized carbons (Fsp3) is 1.00. The molecule has 106 valence electrons. The maximum absolute atomic E-state index is 5.80. The van der Waals surface area contributed by atoms with Crippen molar-refractivity contribution in [3.63, 3.8) is 0 Å². The summed E-state index contributed by atoms with van der Waals surface area (Å²) in [4.78, 5) is 5.45. The van der Waals surface area contributed by atoms with E-state index in [0.717, 1.165) is 12.3 Å². The summed E-state index contributed by atoms with van der Waals surface area (Å²) >= 11 is 0. The van der Waals surface area contributed by atoms with Gasteiger partial charge in [0.05, 0.1) is 14.8 Å². The van der Waals surface area contributed by atoms with Crippen molar-refractivity contribution < 1.29 is 9.56 Å². The van der Waals surface area contributed by atoms with Crippen molar-refractivity contribution in [3.05, 3.63) is 0 Å². The minimum absolute atomic E-state index is 0.314.